The third-order valence-electron chi connectivity index (χ3n) is 5.84. The zero-order chi connectivity index (χ0) is 22.2. The molecular formula is C19H22ClF3N4O2S2. The second kappa shape index (κ2) is 8.84. The molecule has 0 saturated carbocycles. The molecule has 0 bridgehead atoms. The van der Waals surface area contributed by atoms with Gasteiger partial charge in [0.25, 0.3) is 0 Å². The summed E-state index contributed by atoms with van der Waals surface area (Å²) in [5.74, 6) is -0.377. The van der Waals surface area contributed by atoms with E-state index in [0.29, 0.717) is 48.4 Å². The lowest BCUT2D eigenvalue weighted by molar-refractivity contribution is -0.144. The number of alkyl halides is 3. The van der Waals surface area contributed by atoms with Gasteiger partial charge in [0.1, 0.15) is 9.84 Å². The van der Waals surface area contributed by atoms with Crippen molar-refractivity contribution in [2.24, 2.45) is 5.92 Å². The van der Waals surface area contributed by atoms with Crippen molar-refractivity contribution in [1.29, 1.82) is 0 Å². The zero-order valence-corrected chi connectivity index (χ0v) is 18.9. The monoisotopic (exact) mass is 494 g/mol. The smallest absolute Gasteiger partial charge is 0.366 e. The van der Waals surface area contributed by atoms with Crippen LogP contribution in [0.4, 0.5) is 18.9 Å². The number of hydrogen-bond donors (Lipinski definition) is 0. The van der Waals surface area contributed by atoms with Gasteiger partial charge < -0.3 is 4.90 Å². The van der Waals surface area contributed by atoms with Gasteiger partial charge in [-0.2, -0.15) is 13.2 Å². The molecule has 12 heteroatoms. The summed E-state index contributed by atoms with van der Waals surface area (Å²) in [6.07, 6.45) is -0.812. The first kappa shape index (κ1) is 22.8. The Labute approximate surface area is 188 Å². The molecule has 4 rings (SSSR count). The molecule has 2 aliphatic rings. The maximum absolute atomic E-state index is 12.8. The molecule has 0 spiro atoms. The molecule has 0 aromatic carbocycles. The first-order valence-corrected chi connectivity index (χ1v) is 13.0. The molecule has 6 nitrogen and oxygen atoms in total. The Morgan fingerprint density at radius 3 is 2.39 bits per heavy atom. The van der Waals surface area contributed by atoms with Gasteiger partial charge in [0.05, 0.1) is 40.0 Å². The van der Waals surface area contributed by atoms with Crippen molar-refractivity contribution in [3.05, 3.63) is 39.6 Å². The summed E-state index contributed by atoms with van der Waals surface area (Å²) in [4.78, 5) is 12.4. The minimum atomic E-state index is -4.57. The number of thiophene rings is 1. The number of rotatable bonds is 4. The van der Waals surface area contributed by atoms with Gasteiger partial charge in [-0.05, 0) is 30.9 Å². The Hall–Kier alpha value is -1.43. The molecule has 0 aliphatic carbocycles. The maximum atomic E-state index is 12.8. The molecule has 31 heavy (non-hydrogen) atoms. The largest absolute Gasteiger partial charge is 0.451 e. The van der Waals surface area contributed by atoms with Crippen LogP contribution in [0, 0.1) is 5.92 Å². The molecule has 1 unspecified atom stereocenters. The molecule has 0 N–H and O–H groups in total. The van der Waals surface area contributed by atoms with Crippen molar-refractivity contribution < 1.29 is 21.6 Å². The van der Waals surface area contributed by atoms with Crippen LogP contribution in [0.2, 0.25) is 4.34 Å². The highest BCUT2D eigenvalue weighted by Gasteiger charge is 2.36. The van der Waals surface area contributed by atoms with E-state index in [-0.39, 0.29) is 17.5 Å². The third kappa shape index (κ3) is 5.50. The molecule has 2 saturated heterocycles. The molecular weight excluding hydrogens is 473 g/mol. The Bertz CT molecular complexity index is 1000. The van der Waals surface area contributed by atoms with Gasteiger partial charge in [0, 0.05) is 31.1 Å². The van der Waals surface area contributed by atoms with Crippen LogP contribution in [0.3, 0.4) is 0 Å². The van der Waals surface area contributed by atoms with Crippen LogP contribution in [-0.2, 0) is 16.0 Å². The number of halogens is 4. The number of hydrogen-bond acceptors (Lipinski definition) is 7. The average Bonchev–Trinajstić information content (AvgIpc) is 3.15. The topological polar surface area (TPSA) is 66.4 Å². The van der Waals surface area contributed by atoms with Crippen LogP contribution in [0.15, 0.2) is 24.5 Å². The molecule has 2 aliphatic heterocycles. The van der Waals surface area contributed by atoms with Crippen molar-refractivity contribution in [2.75, 3.05) is 42.6 Å². The summed E-state index contributed by atoms with van der Waals surface area (Å²) in [5.41, 5.74) is 0.545. The summed E-state index contributed by atoms with van der Waals surface area (Å²) in [6.45, 7) is 2.67. The standard InChI is InChI=1S/C19H22ClF3N4O2S2/c20-17-2-1-16(30-17)15-12-26(14-9-24-18(25-10-14)19(21,22)23)5-6-27(15)11-13-3-7-31(28,29)8-4-13/h1-2,9-10,13,15H,3-8,11-12H2. The molecule has 0 amide bonds. The van der Waals surface area contributed by atoms with E-state index in [1.165, 1.54) is 23.7 Å². The second-order valence-corrected chi connectivity index (χ2v) is 12.0. The Morgan fingerprint density at radius 2 is 1.81 bits per heavy atom. The van der Waals surface area contributed by atoms with Gasteiger partial charge in [-0.25, -0.2) is 18.4 Å². The first-order valence-electron chi connectivity index (χ1n) is 9.94. The van der Waals surface area contributed by atoms with E-state index in [0.717, 1.165) is 11.4 Å². The Morgan fingerprint density at radius 1 is 1.13 bits per heavy atom. The molecule has 170 valence electrons. The van der Waals surface area contributed by atoms with Crippen LogP contribution >= 0.6 is 22.9 Å². The Balaban J connectivity index is 1.50. The molecule has 4 heterocycles. The number of piperazine rings is 1. The van der Waals surface area contributed by atoms with E-state index in [1.807, 2.05) is 17.0 Å². The van der Waals surface area contributed by atoms with Crippen LogP contribution in [0.1, 0.15) is 29.6 Å². The van der Waals surface area contributed by atoms with Gasteiger partial charge in [-0.15, -0.1) is 11.3 Å². The van der Waals surface area contributed by atoms with E-state index in [9.17, 15) is 21.6 Å². The van der Waals surface area contributed by atoms with E-state index < -0.39 is 21.8 Å². The predicted molar refractivity (Wildman–Crippen MR) is 114 cm³/mol. The zero-order valence-electron chi connectivity index (χ0n) is 16.6. The van der Waals surface area contributed by atoms with Crippen molar-refractivity contribution in [3.63, 3.8) is 0 Å². The molecule has 2 aromatic heterocycles. The number of nitrogens with zero attached hydrogens (tertiary/aromatic N) is 4. The molecule has 1 atom stereocenters. The van der Waals surface area contributed by atoms with Gasteiger partial charge in [0.2, 0.25) is 5.82 Å². The highest BCUT2D eigenvalue weighted by molar-refractivity contribution is 7.91. The summed E-state index contributed by atoms with van der Waals surface area (Å²) >= 11 is 7.64. The summed E-state index contributed by atoms with van der Waals surface area (Å²) < 4.78 is 62.5. The SMILES string of the molecule is O=S1(=O)CCC(CN2CCN(c3cnc(C(F)(F)F)nc3)CC2c2ccc(Cl)s2)CC1. The lowest BCUT2D eigenvalue weighted by Crippen LogP contribution is -2.50. The highest BCUT2D eigenvalue weighted by atomic mass is 35.5. The fraction of sp³-hybridized carbons (Fsp3) is 0.579. The Kier molecular flexibility index (Phi) is 6.49. The predicted octanol–water partition coefficient (Wildman–Crippen LogP) is 3.90. The number of anilines is 1. The maximum Gasteiger partial charge on any atom is 0.451 e. The van der Waals surface area contributed by atoms with Gasteiger partial charge in [-0.1, -0.05) is 11.6 Å². The van der Waals surface area contributed by atoms with Gasteiger partial charge >= 0.3 is 6.18 Å². The normalized spacial score (nSPS) is 23.2. The van der Waals surface area contributed by atoms with Crippen molar-refractivity contribution >= 4 is 38.5 Å². The first-order chi connectivity index (χ1) is 14.6. The fourth-order valence-electron chi connectivity index (χ4n) is 4.13. The van der Waals surface area contributed by atoms with E-state index in [4.69, 9.17) is 11.6 Å². The minimum Gasteiger partial charge on any atom is -0.366 e. The lowest BCUT2D eigenvalue weighted by Gasteiger charge is -2.43. The quantitative estimate of drug-likeness (QED) is 0.642. The fourth-order valence-corrected chi connectivity index (χ4v) is 6.91. The van der Waals surface area contributed by atoms with E-state index >= 15 is 0 Å². The van der Waals surface area contributed by atoms with Crippen molar-refractivity contribution in [2.45, 2.75) is 25.1 Å². The molecule has 2 fully saturated rings. The number of sulfone groups is 1. The minimum absolute atomic E-state index is 0.00655. The van der Waals surface area contributed by atoms with Crippen LogP contribution in [0.5, 0.6) is 0 Å². The summed E-state index contributed by atoms with van der Waals surface area (Å²) in [6, 6.07) is 3.82. The number of aromatic nitrogens is 2. The second-order valence-electron chi connectivity index (χ2n) is 7.96. The molecule has 0 radical (unpaired) electrons. The van der Waals surface area contributed by atoms with Crippen LogP contribution in [-0.4, -0.2) is 61.0 Å². The van der Waals surface area contributed by atoms with Gasteiger partial charge in [0.15, 0.2) is 0 Å². The highest BCUT2D eigenvalue weighted by Crippen LogP contribution is 2.36. The van der Waals surface area contributed by atoms with Crippen molar-refractivity contribution in [3.8, 4) is 0 Å². The van der Waals surface area contributed by atoms with E-state index in [1.54, 1.807) is 0 Å². The van der Waals surface area contributed by atoms with E-state index in [2.05, 4.69) is 14.9 Å². The lowest BCUT2D eigenvalue weighted by atomic mass is 9.99. The van der Waals surface area contributed by atoms with Gasteiger partial charge in [-0.3, -0.25) is 4.90 Å². The summed E-state index contributed by atoms with van der Waals surface area (Å²) in [5, 5.41) is 0. The third-order valence-corrected chi connectivity index (χ3v) is 8.89. The average molecular weight is 495 g/mol. The summed E-state index contributed by atoms with van der Waals surface area (Å²) in [7, 11) is -2.91. The molecule has 2 aromatic rings. The van der Waals surface area contributed by atoms with Crippen LogP contribution in [0.25, 0.3) is 0 Å². The van der Waals surface area contributed by atoms with Crippen molar-refractivity contribution in [1.82, 2.24) is 14.9 Å². The van der Waals surface area contributed by atoms with Crippen LogP contribution < -0.4 is 4.90 Å².